The van der Waals surface area contributed by atoms with Crippen LogP contribution in [0.4, 0.5) is 11.4 Å². The maximum Gasteiger partial charge on any atom is 0.142 e. The zero-order valence-electron chi connectivity index (χ0n) is 26.7. The molecule has 10 rings (SSSR count). The number of nitrogen functional groups attached to an aromatic ring is 2. The Bertz CT molecular complexity index is 2210. The highest BCUT2D eigenvalue weighted by atomic mass is 16.5. The first-order valence-corrected chi connectivity index (χ1v) is 16.9. The standard InChI is InChI=1S/C42H38N2O4/c43-34-12-9-28(19-36(34)45)47-38-14-8-27-4-1-2-5-30(27)40(38)41-32-6-3-7-33(42-21-24-16-25(22-42)18-26(17-24)23-42)31(32)11-15-39(41)48-29-10-13-35(44)37(46)20-29/h1-15,19-20,24-26,45-46H,16-18,21-23,43-44H2. The predicted octanol–water partition coefficient (Wildman–Crippen LogP) is 10.3. The second-order valence-electron chi connectivity index (χ2n) is 14.3. The van der Waals surface area contributed by atoms with Crippen molar-refractivity contribution in [2.24, 2.45) is 17.8 Å². The van der Waals surface area contributed by atoms with Crippen molar-refractivity contribution >= 4 is 32.9 Å². The minimum atomic E-state index is -0.0348. The van der Waals surface area contributed by atoms with Crippen molar-refractivity contribution in [1.29, 1.82) is 0 Å². The smallest absolute Gasteiger partial charge is 0.142 e. The third-order valence-electron chi connectivity index (χ3n) is 11.2. The maximum absolute atomic E-state index is 10.5. The Labute approximate surface area is 279 Å². The fourth-order valence-corrected chi connectivity index (χ4v) is 9.61. The van der Waals surface area contributed by atoms with E-state index in [0.29, 0.717) is 23.0 Å². The monoisotopic (exact) mass is 634 g/mol. The van der Waals surface area contributed by atoms with Gasteiger partial charge in [-0.15, -0.1) is 0 Å². The molecule has 4 aliphatic rings. The summed E-state index contributed by atoms with van der Waals surface area (Å²) in [5.41, 5.74) is 15.9. The molecule has 0 aromatic heterocycles. The van der Waals surface area contributed by atoms with E-state index in [0.717, 1.165) is 45.0 Å². The van der Waals surface area contributed by atoms with Crippen LogP contribution in [0.1, 0.15) is 44.1 Å². The Morgan fingerprint density at radius 3 is 1.69 bits per heavy atom. The first-order chi connectivity index (χ1) is 23.3. The largest absolute Gasteiger partial charge is 0.506 e. The molecule has 0 saturated heterocycles. The lowest BCUT2D eigenvalue weighted by atomic mass is 9.47. The Kier molecular flexibility index (Phi) is 6.51. The van der Waals surface area contributed by atoms with Crippen LogP contribution in [-0.4, -0.2) is 10.2 Å². The van der Waals surface area contributed by atoms with Crippen LogP contribution < -0.4 is 20.9 Å². The molecule has 0 heterocycles. The van der Waals surface area contributed by atoms with Crippen LogP contribution in [0.3, 0.4) is 0 Å². The van der Waals surface area contributed by atoms with Crippen LogP contribution >= 0.6 is 0 Å². The number of anilines is 2. The number of benzene rings is 6. The molecule has 4 bridgehead atoms. The van der Waals surface area contributed by atoms with E-state index in [1.165, 1.54) is 55.5 Å². The van der Waals surface area contributed by atoms with Crippen molar-refractivity contribution in [2.75, 3.05) is 11.5 Å². The zero-order valence-corrected chi connectivity index (χ0v) is 26.7. The van der Waals surface area contributed by atoms with E-state index >= 15 is 0 Å². The fraction of sp³-hybridized carbons (Fsp3) is 0.238. The summed E-state index contributed by atoms with van der Waals surface area (Å²) in [5.74, 6) is 4.60. The first kappa shape index (κ1) is 28.8. The molecule has 4 fully saturated rings. The Morgan fingerprint density at radius 2 is 1.08 bits per heavy atom. The molecule has 6 nitrogen and oxygen atoms in total. The van der Waals surface area contributed by atoms with Gasteiger partial charge in [-0.2, -0.15) is 0 Å². The average Bonchev–Trinajstić information content (AvgIpc) is 3.07. The normalized spacial score (nSPS) is 22.7. The fourth-order valence-electron chi connectivity index (χ4n) is 9.61. The lowest BCUT2D eigenvalue weighted by Gasteiger charge is -2.57. The molecule has 0 unspecified atom stereocenters. The van der Waals surface area contributed by atoms with Crippen molar-refractivity contribution < 1.29 is 19.7 Å². The van der Waals surface area contributed by atoms with E-state index in [1.54, 1.807) is 30.3 Å². The Hall–Kier alpha value is -5.36. The van der Waals surface area contributed by atoms with Gasteiger partial charge in [-0.25, -0.2) is 0 Å². The maximum atomic E-state index is 10.5. The van der Waals surface area contributed by atoms with E-state index in [-0.39, 0.29) is 28.3 Å². The molecule has 4 aliphatic carbocycles. The van der Waals surface area contributed by atoms with Crippen molar-refractivity contribution in [1.82, 2.24) is 0 Å². The number of fused-ring (bicyclic) bond motifs is 2. The SMILES string of the molecule is Nc1ccc(Oc2ccc3ccccc3c2-c2c(Oc3ccc(N)c(O)c3)ccc3c(C45CC6CC(CC(C6)C4)C5)cccc23)cc1O. The molecule has 0 atom stereocenters. The second kappa shape index (κ2) is 10.8. The van der Waals surface area contributed by atoms with Gasteiger partial charge in [0.05, 0.1) is 11.4 Å². The van der Waals surface area contributed by atoms with Crippen LogP contribution in [0.25, 0.3) is 32.7 Å². The predicted molar refractivity (Wildman–Crippen MR) is 192 cm³/mol. The molecule has 48 heavy (non-hydrogen) atoms. The van der Waals surface area contributed by atoms with E-state index in [1.807, 2.05) is 18.2 Å². The van der Waals surface area contributed by atoms with Gasteiger partial charge in [-0.3, -0.25) is 0 Å². The van der Waals surface area contributed by atoms with E-state index < -0.39 is 0 Å². The topological polar surface area (TPSA) is 111 Å². The van der Waals surface area contributed by atoms with Crippen LogP contribution in [0, 0.1) is 17.8 Å². The molecule has 0 radical (unpaired) electrons. The molecule has 6 N–H and O–H groups in total. The first-order valence-electron chi connectivity index (χ1n) is 16.9. The number of aromatic hydroxyl groups is 2. The quantitative estimate of drug-likeness (QED) is 0.107. The third kappa shape index (κ3) is 4.69. The molecular weight excluding hydrogens is 596 g/mol. The van der Waals surface area contributed by atoms with Gasteiger partial charge in [0.2, 0.25) is 0 Å². The number of phenols is 2. The average molecular weight is 635 g/mol. The van der Waals surface area contributed by atoms with E-state index in [9.17, 15) is 10.2 Å². The highest BCUT2D eigenvalue weighted by molar-refractivity contribution is 6.10. The van der Waals surface area contributed by atoms with Gasteiger partial charge < -0.3 is 31.2 Å². The van der Waals surface area contributed by atoms with Gasteiger partial charge in [-0.1, -0.05) is 54.6 Å². The highest BCUT2D eigenvalue weighted by Gasteiger charge is 2.52. The summed E-state index contributed by atoms with van der Waals surface area (Å²) in [4.78, 5) is 0. The Balaban J connectivity index is 1.30. The van der Waals surface area contributed by atoms with Crippen LogP contribution in [0.15, 0.2) is 103 Å². The minimum absolute atomic E-state index is 0.0312. The molecule has 6 aromatic rings. The van der Waals surface area contributed by atoms with E-state index in [2.05, 4.69) is 48.5 Å². The summed E-state index contributed by atoms with van der Waals surface area (Å²) in [6.45, 7) is 0. The lowest BCUT2D eigenvalue weighted by Crippen LogP contribution is -2.48. The summed E-state index contributed by atoms with van der Waals surface area (Å²) in [5, 5.41) is 25.3. The molecule has 240 valence electrons. The van der Waals surface area contributed by atoms with E-state index in [4.69, 9.17) is 20.9 Å². The zero-order chi connectivity index (χ0) is 32.6. The number of ether oxygens (including phenoxy) is 2. The molecule has 4 saturated carbocycles. The molecule has 0 spiro atoms. The summed E-state index contributed by atoms with van der Waals surface area (Å²) >= 11 is 0. The van der Waals surface area contributed by atoms with Gasteiger partial charge in [0, 0.05) is 23.3 Å². The van der Waals surface area contributed by atoms with Crippen molar-refractivity contribution in [3.63, 3.8) is 0 Å². The molecule has 0 aliphatic heterocycles. The second-order valence-corrected chi connectivity index (χ2v) is 14.3. The van der Waals surface area contributed by atoms with Crippen LogP contribution in [0.2, 0.25) is 0 Å². The highest BCUT2D eigenvalue weighted by Crippen LogP contribution is 2.62. The van der Waals surface area contributed by atoms with Gasteiger partial charge >= 0.3 is 0 Å². The van der Waals surface area contributed by atoms with Gasteiger partial charge in [0.25, 0.3) is 0 Å². The number of hydrogen-bond acceptors (Lipinski definition) is 6. The van der Waals surface area contributed by atoms with Gasteiger partial charge in [0.1, 0.15) is 34.5 Å². The van der Waals surface area contributed by atoms with Crippen molar-refractivity contribution in [2.45, 2.75) is 43.9 Å². The molecule has 6 heteroatoms. The van der Waals surface area contributed by atoms with Gasteiger partial charge in [0.15, 0.2) is 0 Å². The molecule has 6 aromatic carbocycles. The third-order valence-corrected chi connectivity index (χ3v) is 11.2. The molecule has 0 amide bonds. The van der Waals surface area contributed by atoms with Crippen LogP contribution in [0.5, 0.6) is 34.5 Å². The van der Waals surface area contributed by atoms with Crippen LogP contribution in [-0.2, 0) is 5.41 Å². The summed E-state index contributed by atoms with van der Waals surface area (Å²) < 4.78 is 13.3. The minimum Gasteiger partial charge on any atom is -0.506 e. The number of rotatable bonds is 6. The number of nitrogens with two attached hydrogens (primary N) is 2. The molecular formula is C42H38N2O4. The summed E-state index contributed by atoms with van der Waals surface area (Å²) in [6, 6.07) is 33.3. The van der Waals surface area contributed by atoms with Crippen molar-refractivity contribution in [3.05, 3.63) is 109 Å². The summed E-state index contributed by atoms with van der Waals surface area (Å²) in [6.07, 6.45) is 7.95. The summed E-state index contributed by atoms with van der Waals surface area (Å²) in [7, 11) is 0. The lowest BCUT2D eigenvalue weighted by molar-refractivity contribution is -0.00449. The Morgan fingerprint density at radius 1 is 0.542 bits per heavy atom. The number of phenolic OH excluding ortho intramolecular Hbond substituents is 2. The number of hydrogen-bond donors (Lipinski definition) is 4. The van der Waals surface area contributed by atoms with Crippen molar-refractivity contribution in [3.8, 4) is 45.6 Å². The van der Waals surface area contributed by atoms with Gasteiger partial charge in [-0.05, 0) is 125 Å².